The Hall–Kier alpha value is -6.94. The van der Waals surface area contributed by atoms with Gasteiger partial charge in [-0.25, -0.2) is 24.9 Å². The maximum Gasteiger partial charge on any atom is 0.416 e. The summed E-state index contributed by atoms with van der Waals surface area (Å²) >= 11 is 2.62. The molecule has 4 N–H and O–H groups in total. The monoisotopic (exact) mass is 950 g/mol. The molecule has 4 aromatic heterocycles. The third-order valence-corrected chi connectivity index (χ3v) is 11.9. The van der Waals surface area contributed by atoms with E-state index in [2.05, 4.69) is 29.9 Å². The van der Waals surface area contributed by atoms with Gasteiger partial charge < -0.3 is 38.8 Å². The molecule has 344 valence electrons. The van der Waals surface area contributed by atoms with Gasteiger partial charge in [-0.1, -0.05) is 36.4 Å². The van der Waals surface area contributed by atoms with E-state index < -0.39 is 23.5 Å². The normalized spacial score (nSPS) is 11.7. The molecule has 0 radical (unpaired) electrons. The molecule has 0 saturated carbocycles. The van der Waals surface area contributed by atoms with Crippen LogP contribution in [0.15, 0.2) is 118 Å². The average molecular weight is 951 g/mol. The lowest BCUT2D eigenvalue weighted by atomic mass is 10.1. The van der Waals surface area contributed by atoms with Crippen LogP contribution in [0.25, 0.3) is 22.3 Å². The van der Waals surface area contributed by atoms with Gasteiger partial charge in [0.05, 0.1) is 55.7 Å². The van der Waals surface area contributed by atoms with Crippen LogP contribution in [0.5, 0.6) is 23.0 Å². The molecule has 0 saturated heterocycles. The standard InChI is InChI=1S/2C22H20F3N5O2S/c1-31-15-6-7-16(32-2)17(11-15)33-21-28-18-19(26)27-12-30(20(18)29-21)9-8-13-4-3-5-14(10-13)22(23,24)25;1-31-15-6-7-16(32-2)17(11-15)33-21-29-18-19(26)27-12-28-20(18)30(21)9-8-13-4-3-5-14(10-13)22(23,24)25/h3-7,10-12,26H,8-9H2,1-2H3,(H,28,29);3-7,10-12H,8-9H2,1-2H3,(H2,26,27,28). The Bertz CT molecular complexity index is 3050. The van der Waals surface area contributed by atoms with Crippen LogP contribution < -0.4 is 30.2 Å². The van der Waals surface area contributed by atoms with Gasteiger partial charge in [0.2, 0.25) is 0 Å². The summed E-state index contributed by atoms with van der Waals surface area (Å²) in [6.45, 7) is 0.686. The number of H-pyrrole nitrogens is 1. The molecule has 0 aliphatic heterocycles. The summed E-state index contributed by atoms with van der Waals surface area (Å²) in [5.41, 5.74) is 7.61. The number of ether oxygens (including phenoxy) is 4. The van der Waals surface area contributed by atoms with E-state index in [0.717, 1.165) is 34.1 Å². The lowest BCUT2D eigenvalue weighted by Crippen LogP contribution is -2.14. The maximum atomic E-state index is 13.1. The van der Waals surface area contributed by atoms with Crippen molar-refractivity contribution in [1.82, 2.24) is 39.0 Å². The summed E-state index contributed by atoms with van der Waals surface area (Å²) in [5, 5.41) is 9.19. The van der Waals surface area contributed by atoms with Crippen LogP contribution in [0.2, 0.25) is 0 Å². The Morgan fingerprint density at radius 3 is 1.80 bits per heavy atom. The Morgan fingerprint density at radius 2 is 1.24 bits per heavy atom. The van der Waals surface area contributed by atoms with Crippen LogP contribution in [0.3, 0.4) is 0 Å². The van der Waals surface area contributed by atoms with Gasteiger partial charge in [-0.15, -0.1) is 0 Å². The van der Waals surface area contributed by atoms with Gasteiger partial charge in [0, 0.05) is 13.1 Å². The first kappa shape index (κ1) is 47.0. The van der Waals surface area contributed by atoms with Gasteiger partial charge in [-0.2, -0.15) is 26.3 Å². The highest BCUT2D eigenvalue weighted by Crippen LogP contribution is 2.40. The second kappa shape index (κ2) is 20.1. The number of rotatable bonds is 14. The summed E-state index contributed by atoms with van der Waals surface area (Å²) in [6.07, 6.45) is -5.30. The Kier molecular flexibility index (Phi) is 14.3. The number of alkyl halides is 6. The predicted molar refractivity (Wildman–Crippen MR) is 235 cm³/mol. The Morgan fingerprint density at radius 1 is 0.667 bits per heavy atom. The van der Waals surface area contributed by atoms with E-state index in [-0.39, 0.29) is 11.3 Å². The summed E-state index contributed by atoms with van der Waals surface area (Å²) in [5.74, 6) is 2.79. The number of nitrogen functional groups attached to an aromatic ring is 1. The maximum absolute atomic E-state index is 13.1. The summed E-state index contributed by atoms with van der Waals surface area (Å²) in [4.78, 5) is 26.2. The van der Waals surface area contributed by atoms with Crippen molar-refractivity contribution in [3.8, 4) is 23.0 Å². The molecule has 0 spiro atoms. The van der Waals surface area contributed by atoms with Crippen molar-refractivity contribution < 1.29 is 45.3 Å². The molecule has 0 aliphatic carbocycles. The molecule has 0 aliphatic rings. The summed E-state index contributed by atoms with van der Waals surface area (Å²) in [6, 6.07) is 21.3. The number of hydrogen-bond acceptors (Lipinski definition) is 13. The first-order chi connectivity index (χ1) is 31.6. The number of hydrogen-bond donors (Lipinski definition) is 3. The number of anilines is 1. The van der Waals surface area contributed by atoms with E-state index in [9.17, 15) is 26.3 Å². The van der Waals surface area contributed by atoms with Crippen LogP contribution in [-0.4, -0.2) is 67.5 Å². The molecule has 8 aromatic rings. The number of aryl methyl sites for hydroxylation is 4. The number of aromatic amines is 1. The van der Waals surface area contributed by atoms with Crippen LogP contribution in [0, 0.1) is 5.41 Å². The topological polar surface area (TPSA) is 177 Å². The average Bonchev–Trinajstić information content (AvgIpc) is 3.90. The highest BCUT2D eigenvalue weighted by Gasteiger charge is 2.31. The zero-order chi connectivity index (χ0) is 47.2. The molecular weight excluding hydrogens is 911 g/mol. The second-order valence-electron chi connectivity index (χ2n) is 14.1. The lowest BCUT2D eigenvalue weighted by Gasteiger charge is -2.12. The van der Waals surface area contributed by atoms with Gasteiger partial charge in [-0.05, 0) is 96.0 Å². The molecule has 0 amide bonds. The van der Waals surface area contributed by atoms with Crippen molar-refractivity contribution >= 4 is 51.7 Å². The molecule has 66 heavy (non-hydrogen) atoms. The van der Waals surface area contributed by atoms with E-state index in [1.807, 2.05) is 16.7 Å². The van der Waals surface area contributed by atoms with Crippen molar-refractivity contribution in [3.63, 3.8) is 0 Å². The van der Waals surface area contributed by atoms with Crippen molar-refractivity contribution in [2.75, 3.05) is 34.2 Å². The van der Waals surface area contributed by atoms with E-state index in [0.29, 0.717) is 92.7 Å². The predicted octanol–water partition coefficient (Wildman–Crippen LogP) is 9.51. The van der Waals surface area contributed by atoms with Gasteiger partial charge in [0.15, 0.2) is 38.4 Å². The molecular formula is C44H40F6N10O4S2. The molecule has 0 bridgehead atoms. The minimum absolute atomic E-state index is 0.0253. The van der Waals surface area contributed by atoms with Crippen molar-refractivity contribution in [2.24, 2.45) is 0 Å². The molecule has 14 nitrogen and oxygen atoms in total. The minimum atomic E-state index is -4.40. The summed E-state index contributed by atoms with van der Waals surface area (Å²) < 4.78 is 103. The number of aromatic nitrogens is 8. The number of nitrogens with one attached hydrogen (secondary N) is 2. The number of halogens is 6. The number of nitrogens with zero attached hydrogens (tertiary/aromatic N) is 7. The Balaban J connectivity index is 0.000000196. The van der Waals surface area contributed by atoms with Crippen LogP contribution >= 0.6 is 23.5 Å². The lowest BCUT2D eigenvalue weighted by molar-refractivity contribution is -0.138. The zero-order valence-corrected chi connectivity index (χ0v) is 37.1. The third-order valence-electron chi connectivity index (χ3n) is 9.95. The van der Waals surface area contributed by atoms with Crippen molar-refractivity contribution in [3.05, 3.63) is 125 Å². The first-order valence-electron chi connectivity index (χ1n) is 19.7. The molecule has 4 aromatic carbocycles. The highest BCUT2D eigenvalue weighted by atomic mass is 32.2. The summed E-state index contributed by atoms with van der Waals surface area (Å²) in [7, 11) is 6.27. The fourth-order valence-electron chi connectivity index (χ4n) is 6.61. The van der Waals surface area contributed by atoms with Crippen molar-refractivity contribution in [2.45, 2.75) is 58.4 Å². The minimum Gasteiger partial charge on any atom is -0.497 e. The Labute approximate surface area is 381 Å². The number of nitrogens with two attached hydrogens (primary N) is 1. The van der Waals surface area contributed by atoms with Crippen LogP contribution in [0.4, 0.5) is 32.2 Å². The number of imidazole rings is 2. The molecule has 0 fully saturated rings. The fourth-order valence-corrected chi connectivity index (χ4v) is 8.58. The molecule has 22 heteroatoms. The molecule has 0 unspecified atom stereocenters. The largest absolute Gasteiger partial charge is 0.497 e. The molecule has 8 rings (SSSR count). The smallest absolute Gasteiger partial charge is 0.416 e. The highest BCUT2D eigenvalue weighted by molar-refractivity contribution is 7.99. The number of benzene rings is 4. The van der Waals surface area contributed by atoms with Gasteiger partial charge in [0.1, 0.15) is 34.8 Å². The van der Waals surface area contributed by atoms with Gasteiger partial charge in [-0.3, -0.25) is 5.41 Å². The van der Waals surface area contributed by atoms with Crippen LogP contribution in [0.1, 0.15) is 22.3 Å². The van der Waals surface area contributed by atoms with Gasteiger partial charge in [0.25, 0.3) is 0 Å². The van der Waals surface area contributed by atoms with Gasteiger partial charge >= 0.3 is 12.4 Å². The first-order valence-corrected chi connectivity index (χ1v) is 21.3. The van der Waals surface area contributed by atoms with E-state index >= 15 is 0 Å². The molecule has 0 atom stereocenters. The second-order valence-corrected chi connectivity index (χ2v) is 16.2. The SMILES string of the molecule is COc1ccc(OC)c(Sc2nc3c(N)ncnc3n2CCc2cccc(C(F)(F)F)c2)c1.COc1ccc(OC)c(Sc2nc3c([nH]2)c(=N)ncn3CCc2cccc(C(F)(F)F)c2)c1. The van der Waals surface area contributed by atoms with Crippen LogP contribution in [-0.2, 0) is 38.3 Å². The van der Waals surface area contributed by atoms with E-state index in [1.165, 1.54) is 48.3 Å². The van der Waals surface area contributed by atoms with E-state index in [4.69, 9.17) is 30.1 Å². The molecule has 4 heterocycles. The van der Waals surface area contributed by atoms with Crippen molar-refractivity contribution in [1.29, 1.82) is 5.41 Å². The third kappa shape index (κ3) is 10.9. The zero-order valence-electron chi connectivity index (χ0n) is 35.5. The fraction of sp³-hybridized carbons (Fsp3) is 0.227. The quantitative estimate of drug-likeness (QED) is 0.0882. The number of fused-ring (bicyclic) bond motifs is 2. The van der Waals surface area contributed by atoms with E-state index in [1.54, 1.807) is 69.4 Å². The number of methoxy groups -OCH3 is 4.